The van der Waals surface area contributed by atoms with Crippen LogP contribution in [0.3, 0.4) is 0 Å². The third-order valence-corrected chi connectivity index (χ3v) is 4.86. The van der Waals surface area contributed by atoms with Gasteiger partial charge in [-0.2, -0.15) is 0 Å². The summed E-state index contributed by atoms with van der Waals surface area (Å²) in [7, 11) is 0. The van der Waals surface area contributed by atoms with Crippen LogP contribution in [0.15, 0.2) is 42.7 Å². The number of carbonyl (C=O) groups is 1. The van der Waals surface area contributed by atoms with Crippen molar-refractivity contribution in [3.05, 3.63) is 59.7 Å². The van der Waals surface area contributed by atoms with E-state index in [-0.39, 0.29) is 11.2 Å². The molecule has 1 heterocycles. The number of carbonyl (C=O) groups excluding carboxylic acids is 1. The average Bonchev–Trinajstić information content (AvgIpc) is 2.63. The molecule has 4 nitrogen and oxygen atoms in total. The Morgan fingerprint density at radius 2 is 1.70 bits per heavy atom. The van der Waals surface area contributed by atoms with Gasteiger partial charge >= 0.3 is 0 Å². The van der Waals surface area contributed by atoms with Crippen LogP contribution in [-0.4, -0.2) is 27.5 Å². The van der Waals surface area contributed by atoms with Gasteiger partial charge in [-0.1, -0.05) is 49.6 Å². The number of aromatic nitrogens is 2. The molecule has 1 fully saturated rings. The SMILES string of the molecule is O=C(CO)c1cnc(CC2(c3ccccc3)CCCCC2)nc1. The first kappa shape index (κ1) is 15.8. The summed E-state index contributed by atoms with van der Waals surface area (Å²) in [6, 6.07) is 10.6. The lowest BCUT2D eigenvalue weighted by atomic mass is 9.67. The van der Waals surface area contributed by atoms with Crippen molar-refractivity contribution in [3.63, 3.8) is 0 Å². The van der Waals surface area contributed by atoms with Crippen LogP contribution in [0.2, 0.25) is 0 Å². The molecule has 1 N–H and O–H groups in total. The van der Waals surface area contributed by atoms with Crippen molar-refractivity contribution in [2.45, 2.75) is 43.9 Å². The Morgan fingerprint density at radius 1 is 1.04 bits per heavy atom. The predicted octanol–water partition coefficient (Wildman–Crippen LogP) is 3.10. The minimum absolute atomic E-state index is 0.0992. The van der Waals surface area contributed by atoms with Crippen LogP contribution in [0, 0.1) is 0 Å². The number of aliphatic hydroxyl groups is 1. The van der Waals surface area contributed by atoms with Gasteiger partial charge in [0.15, 0.2) is 5.78 Å². The van der Waals surface area contributed by atoms with Crippen LogP contribution >= 0.6 is 0 Å². The number of nitrogens with zero attached hydrogens (tertiary/aromatic N) is 2. The van der Waals surface area contributed by atoms with Gasteiger partial charge in [-0.15, -0.1) is 0 Å². The van der Waals surface area contributed by atoms with Crippen molar-refractivity contribution >= 4 is 5.78 Å². The Labute approximate surface area is 136 Å². The summed E-state index contributed by atoms with van der Waals surface area (Å²) in [5.41, 5.74) is 1.83. The number of benzene rings is 1. The van der Waals surface area contributed by atoms with E-state index in [1.807, 2.05) is 6.07 Å². The van der Waals surface area contributed by atoms with Crippen molar-refractivity contribution in [1.29, 1.82) is 0 Å². The summed E-state index contributed by atoms with van der Waals surface area (Å²) < 4.78 is 0. The fourth-order valence-electron chi connectivity index (χ4n) is 3.57. The third-order valence-electron chi connectivity index (χ3n) is 4.86. The van der Waals surface area contributed by atoms with Crippen LogP contribution in [-0.2, 0) is 11.8 Å². The van der Waals surface area contributed by atoms with E-state index in [1.54, 1.807) is 0 Å². The molecule has 0 aliphatic heterocycles. The Morgan fingerprint density at radius 3 is 2.30 bits per heavy atom. The van der Waals surface area contributed by atoms with Gasteiger partial charge < -0.3 is 5.11 Å². The molecule has 1 aliphatic rings. The van der Waals surface area contributed by atoms with Crippen molar-refractivity contribution in [1.82, 2.24) is 9.97 Å². The number of hydrogen-bond acceptors (Lipinski definition) is 4. The molecule has 1 aromatic carbocycles. The minimum Gasteiger partial charge on any atom is -0.388 e. The highest BCUT2D eigenvalue weighted by Crippen LogP contribution is 2.41. The number of rotatable bonds is 5. The Balaban J connectivity index is 1.86. The summed E-state index contributed by atoms with van der Waals surface area (Å²) in [5, 5.41) is 8.90. The second kappa shape index (κ2) is 7.01. The maximum atomic E-state index is 11.5. The molecular formula is C19H22N2O2. The van der Waals surface area contributed by atoms with Gasteiger partial charge in [-0.25, -0.2) is 9.97 Å². The molecule has 1 saturated carbocycles. The number of aliphatic hydroxyl groups excluding tert-OH is 1. The first-order valence-corrected chi connectivity index (χ1v) is 8.24. The average molecular weight is 310 g/mol. The normalized spacial score (nSPS) is 16.9. The molecule has 0 saturated heterocycles. The Hall–Kier alpha value is -2.07. The van der Waals surface area contributed by atoms with Crippen LogP contribution in [0.4, 0.5) is 0 Å². The molecule has 0 amide bonds. The minimum atomic E-state index is -0.503. The first-order chi connectivity index (χ1) is 11.2. The van der Waals surface area contributed by atoms with Crippen molar-refractivity contribution in [3.8, 4) is 0 Å². The summed E-state index contributed by atoms with van der Waals surface area (Å²) in [6.45, 7) is -0.503. The van der Waals surface area contributed by atoms with E-state index in [4.69, 9.17) is 5.11 Å². The van der Waals surface area contributed by atoms with Gasteiger partial charge in [0, 0.05) is 24.2 Å². The van der Waals surface area contributed by atoms with Crippen LogP contribution in [0.25, 0.3) is 0 Å². The molecule has 23 heavy (non-hydrogen) atoms. The lowest BCUT2D eigenvalue weighted by Crippen LogP contribution is -2.32. The summed E-state index contributed by atoms with van der Waals surface area (Å²) in [4.78, 5) is 20.2. The molecule has 0 atom stereocenters. The third kappa shape index (κ3) is 3.48. The molecule has 3 rings (SSSR count). The van der Waals surface area contributed by atoms with E-state index in [9.17, 15) is 4.79 Å². The largest absolute Gasteiger partial charge is 0.388 e. The summed E-state index contributed by atoms with van der Waals surface area (Å²) >= 11 is 0. The van der Waals surface area contributed by atoms with E-state index in [1.165, 1.54) is 37.2 Å². The molecule has 0 radical (unpaired) electrons. The zero-order valence-corrected chi connectivity index (χ0v) is 13.2. The fraction of sp³-hybridized carbons (Fsp3) is 0.421. The van der Waals surface area contributed by atoms with Crippen molar-refractivity contribution in [2.24, 2.45) is 0 Å². The quantitative estimate of drug-likeness (QED) is 0.862. The molecule has 0 bridgehead atoms. The lowest BCUT2D eigenvalue weighted by molar-refractivity contribution is 0.0903. The molecule has 1 aliphatic carbocycles. The van der Waals surface area contributed by atoms with Crippen molar-refractivity contribution in [2.75, 3.05) is 6.61 Å². The second-order valence-electron chi connectivity index (χ2n) is 6.35. The zero-order valence-electron chi connectivity index (χ0n) is 13.2. The Kier molecular flexibility index (Phi) is 4.82. The van der Waals surface area contributed by atoms with Gasteiger partial charge in [-0.3, -0.25) is 4.79 Å². The van der Waals surface area contributed by atoms with E-state index in [0.717, 1.165) is 25.1 Å². The highest BCUT2D eigenvalue weighted by atomic mass is 16.3. The second-order valence-corrected chi connectivity index (χ2v) is 6.35. The van der Waals surface area contributed by atoms with Gasteiger partial charge in [0.05, 0.1) is 5.56 Å². The van der Waals surface area contributed by atoms with E-state index in [2.05, 4.69) is 34.2 Å². The van der Waals surface area contributed by atoms with Gasteiger partial charge in [0.25, 0.3) is 0 Å². The highest BCUT2D eigenvalue weighted by Gasteiger charge is 2.34. The highest BCUT2D eigenvalue weighted by molar-refractivity contribution is 5.96. The predicted molar refractivity (Wildman–Crippen MR) is 88.4 cm³/mol. The molecule has 120 valence electrons. The van der Waals surface area contributed by atoms with Gasteiger partial charge in [-0.05, 0) is 18.4 Å². The monoisotopic (exact) mass is 310 g/mol. The lowest BCUT2D eigenvalue weighted by Gasteiger charge is -2.37. The maximum absolute atomic E-state index is 11.5. The zero-order chi connectivity index (χ0) is 16.1. The smallest absolute Gasteiger partial charge is 0.191 e. The summed E-state index contributed by atoms with van der Waals surface area (Å²) in [5.74, 6) is 0.428. The van der Waals surface area contributed by atoms with Crippen LogP contribution in [0.1, 0.15) is 53.8 Å². The molecule has 0 unspecified atom stereocenters. The van der Waals surface area contributed by atoms with E-state index >= 15 is 0 Å². The van der Waals surface area contributed by atoms with E-state index in [0.29, 0.717) is 5.56 Å². The van der Waals surface area contributed by atoms with Gasteiger partial charge in [0.2, 0.25) is 0 Å². The molecule has 4 heteroatoms. The number of hydrogen-bond donors (Lipinski definition) is 1. The Bertz CT molecular complexity index is 647. The summed E-state index contributed by atoms with van der Waals surface area (Å²) in [6.07, 6.45) is 9.91. The van der Waals surface area contributed by atoms with Crippen LogP contribution in [0.5, 0.6) is 0 Å². The first-order valence-electron chi connectivity index (χ1n) is 8.24. The fourth-order valence-corrected chi connectivity index (χ4v) is 3.57. The van der Waals surface area contributed by atoms with Gasteiger partial charge in [0.1, 0.15) is 12.4 Å². The number of Topliss-reactive ketones (excluding diaryl/α,β-unsaturated/α-hetero) is 1. The topological polar surface area (TPSA) is 63.1 Å². The molecular weight excluding hydrogens is 288 g/mol. The van der Waals surface area contributed by atoms with Crippen LogP contribution < -0.4 is 0 Å². The standard InChI is InChI=1S/C19H22N2O2/c22-14-17(23)15-12-20-18(21-13-15)11-19(9-5-2-6-10-19)16-7-3-1-4-8-16/h1,3-4,7-8,12-13,22H,2,5-6,9-11,14H2. The maximum Gasteiger partial charge on any atom is 0.191 e. The van der Waals surface area contributed by atoms with Crippen molar-refractivity contribution < 1.29 is 9.90 Å². The van der Waals surface area contributed by atoms with E-state index < -0.39 is 6.61 Å². The number of ketones is 1. The molecule has 2 aromatic rings. The molecule has 1 aromatic heterocycles. The molecule has 0 spiro atoms.